The number of ketones is 1. The van der Waals surface area contributed by atoms with E-state index in [9.17, 15) is 20.1 Å². The van der Waals surface area contributed by atoms with Gasteiger partial charge in [0.05, 0.1) is 0 Å². The quantitative estimate of drug-likeness (QED) is 0.393. The van der Waals surface area contributed by atoms with E-state index in [-0.39, 0.29) is 34.2 Å². The van der Waals surface area contributed by atoms with Gasteiger partial charge in [-0.25, -0.2) is 0 Å². The summed E-state index contributed by atoms with van der Waals surface area (Å²) >= 11 is 0. The molecule has 0 aliphatic carbocycles. The summed E-state index contributed by atoms with van der Waals surface area (Å²) in [7, 11) is 0. The Kier molecular flexibility index (Phi) is 2.99. The van der Waals surface area contributed by atoms with Gasteiger partial charge < -0.3 is 15.3 Å². The Balaban J connectivity index is 3.26. The van der Waals surface area contributed by atoms with Crippen molar-refractivity contribution in [3.63, 3.8) is 0 Å². The van der Waals surface area contributed by atoms with Crippen molar-refractivity contribution in [3.05, 3.63) is 23.3 Å². The van der Waals surface area contributed by atoms with Gasteiger partial charge in [0.15, 0.2) is 17.3 Å². The van der Waals surface area contributed by atoms with E-state index in [1.165, 1.54) is 32.1 Å². The predicted molar refractivity (Wildman–Crippen MR) is 55.9 cm³/mol. The number of hydrogen-bond acceptors (Lipinski definition) is 4. The molecule has 0 bridgehead atoms. The molecule has 80 valence electrons. The molecule has 1 aromatic rings. The number of allylic oxidation sites excluding steroid dienone is 1. The lowest BCUT2D eigenvalue weighted by Crippen LogP contribution is -1.84. The number of carbonyl (C=O) groups excluding carboxylic acids is 1. The van der Waals surface area contributed by atoms with Crippen LogP contribution in [0.1, 0.15) is 18.1 Å². The molecule has 0 spiro atoms. The summed E-state index contributed by atoms with van der Waals surface area (Å²) in [5.74, 6) is -1.04. The third-order valence-electron chi connectivity index (χ3n) is 2.03. The fourth-order valence-corrected chi connectivity index (χ4v) is 1.09. The van der Waals surface area contributed by atoms with Crippen LogP contribution in [0.4, 0.5) is 0 Å². The van der Waals surface area contributed by atoms with Gasteiger partial charge in [-0.2, -0.15) is 0 Å². The second-order valence-corrected chi connectivity index (χ2v) is 3.25. The molecular formula is C11H12O4. The smallest absolute Gasteiger partial charge is 0.165 e. The molecular weight excluding hydrogens is 196 g/mol. The van der Waals surface area contributed by atoms with Crippen LogP contribution in [0.3, 0.4) is 0 Å². The third kappa shape index (κ3) is 2.28. The molecule has 15 heavy (non-hydrogen) atoms. The van der Waals surface area contributed by atoms with E-state index in [0.29, 0.717) is 0 Å². The predicted octanol–water partition coefficient (Wildman–Crippen LogP) is 1.71. The summed E-state index contributed by atoms with van der Waals surface area (Å²) in [6.07, 6.45) is 2.57. The Bertz CT molecular complexity index is 433. The number of hydrogen-bond donors (Lipinski definition) is 3. The SMILES string of the molecule is CC(=O)/C=C\c1cc(O)c(C)c(O)c1O. The van der Waals surface area contributed by atoms with Crippen LogP contribution in [0, 0.1) is 6.92 Å². The second kappa shape index (κ2) is 4.04. The number of phenols is 3. The summed E-state index contributed by atoms with van der Waals surface area (Å²) in [4.78, 5) is 10.7. The van der Waals surface area contributed by atoms with Crippen LogP contribution in [0.5, 0.6) is 17.2 Å². The third-order valence-corrected chi connectivity index (χ3v) is 2.03. The number of phenolic OH excluding ortho intramolecular Hbond substituents is 3. The highest BCUT2D eigenvalue weighted by Gasteiger charge is 2.11. The molecule has 0 aliphatic rings. The van der Waals surface area contributed by atoms with Crippen molar-refractivity contribution in [2.45, 2.75) is 13.8 Å². The topological polar surface area (TPSA) is 77.8 Å². The van der Waals surface area contributed by atoms with Gasteiger partial charge in [0, 0.05) is 11.1 Å². The minimum Gasteiger partial charge on any atom is -0.508 e. The van der Waals surface area contributed by atoms with Crippen LogP contribution >= 0.6 is 0 Å². The van der Waals surface area contributed by atoms with Crippen LogP contribution in [-0.2, 0) is 4.79 Å². The second-order valence-electron chi connectivity index (χ2n) is 3.25. The standard InChI is InChI=1S/C11H12O4/c1-6(12)3-4-8-5-9(13)7(2)10(14)11(8)15/h3-5,13-15H,1-2H3/b4-3-. The van der Waals surface area contributed by atoms with E-state index >= 15 is 0 Å². The highest BCUT2D eigenvalue weighted by atomic mass is 16.3. The first-order chi connectivity index (χ1) is 6.93. The maximum atomic E-state index is 10.7. The van der Waals surface area contributed by atoms with E-state index in [1.807, 2.05) is 0 Å². The van der Waals surface area contributed by atoms with Gasteiger partial charge in [0.25, 0.3) is 0 Å². The minimum absolute atomic E-state index is 0.131. The monoisotopic (exact) mass is 208 g/mol. The molecule has 0 fully saturated rings. The van der Waals surface area contributed by atoms with Gasteiger partial charge in [0.1, 0.15) is 5.75 Å². The molecule has 3 N–H and O–H groups in total. The van der Waals surface area contributed by atoms with Crippen molar-refractivity contribution >= 4 is 11.9 Å². The molecule has 0 unspecified atom stereocenters. The van der Waals surface area contributed by atoms with E-state index in [2.05, 4.69) is 0 Å². The van der Waals surface area contributed by atoms with Crippen LogP contribution < -0.4 is 0 Å². The van der Waals surface area contributed by atoms with E-state index < -0.39 is 0 Å². The van der Waals surface area contributed by atoms with E-state index in [0.717, 1.165) is 0 Å². The van der Waals surface area contributed by atoms with Crippen LogP contribution in [0.15, 0.2) is 12.1 Å². The molecule has 0 atom stereocenters. The molecule has 0 saturated carbocycles. The zero-order valence-electron chi connectivity index (χ0n) is 8.48. The summed E-state index contributed by atoms with van der Waals surface area (Å²) < 4.78 is 0. The summed E-state index contributed by atoms with van der Waals surface area (Å²) in [6.45, 7) is 2.84. The Labute approximate surface area is 87.1 Å². The normalized spacial score (nSPS) is 10.8. The number of aromatic hydroxyl groups is 3. The van der Waals surface area contributed by atoms with Crippen molar-refractivity contribution in [2.24, 2.45) is 0 Å². The Morgan fingerprint density at radius 2 is 1.87 bits per heavy atom. The molecule has 0 radical (unpaired) electrons. The Hall–Kier alpha value is -1.97. The maximum absolute atomic E-state index is 10.7. The maximum Gasteiger partial charge on any atom is 0.165 e. The average Bonchev–Trinajstić information content (AvgIpc) is 2.18. The van der Waals surface area contributed by atoms with Gasteiger partial charge in [-0.15, -0.1) is 0 Å². The molecule has 4 heteroatoms. The highest BCUT2D eigenvalue weighted by Crippen LogP contribution is 2.38. The van der Waals surface area contributed by atoms with Gasteiger partial charge in [-0.05, 0) is 32.1 Å². The van der Waals surface area contributed by atoms with Gasteiger partial charge >= 0.3 is 0 Å². The van der Waals surface area contributed by atoms with Gasteiger partial charge in [-0.3, -0.25) is 4.79 Å². The molecule has 0 saturated heterocycles. The van der Waals surface area contributed by atoms with Crippen molar-refractivity contribution in [1.82, 2.24) is 0 Å². The first-order valence-electron chi connectivity index (χ1n) is 4.36. The lowest BCUT2D eigenvalue weighted by molar-refractivity contribution is -0.112. The Morgan fingerprint density at radius 3 is 2.40 bits per heavy atom. The first kappa shape index (κ1) is 11.1. The number of benzene rings is 1. The van der Waals surface area contributed by atoms with Crippen molar-refractivity contribution in [3.8, 4) is 17.2 Å². The molecule has 4 nitrogen and oxygen atoms in total. The van der Waals surface area contributed by atoms with Crippen LogP contribution in [0.2, 0.25) is 0 Å². The summed E-state index contributed by atoms with van der Waals surface area (Å²) in [5.41, 5.74) is 0.401. The average molecular weight is 208 g/mol. The Morgan fingerprint density at radius 1 is 1.27 bits per heavy atom. The van der Waals surface area contributed by atoms with Crippen LogP contribution in [0.25, 0.3) is 6.08 Å². The molecule has 0 aliphatic heterocycles. The number of rotatable bonds is 2. The fourth-order valence-electron chi connectivity index (χ4n) is 1.09. The largest absolute Gasteiger partial charge is 0.508 e. The lowest BCUT2D eigenvalue weighted by atomic mass is 10.1. The van der Waals surface area contributed by atoms with E-state index in [1.54, 1.807) is 0 Å². The molecule has 0 amide bonds. The summed E-state index contributed by atoms with van der Waals surface area (Å²) in [6, 6.07) is 1.28. The first-order valence-corrected chi connectivity index (χ1v) is 4.36. The minimum atomic E-state index is -0.377. The molecule has 0 aromatic heterocycles. The molecule has 1 aromatic carbocycles. The number of carbonyl (C=O) groups is 1. The van der Waals surface area contributed by atoms with Gasteiger partial charge in [-0.1, -0.05) is 0 Å². The zero-order valence-corrected chi connectivity index (χ0v) is 8.48. The summed E-state index contributed by atoms with van der Waals surface area (Å²) in [5, 5.41) is 28.3. The highest BCUT2D eigenvalue weighted by molar-refractivity contribution is 5.92. The molecule has 1 rings (SSSR count). The van der Waals surface area contributed by atoms with Crippen molar-refractivity contribution in [1.29, 1.82) is 0 Å². The zero-order chi connectivity index (χ0) is 11.6. The molecule has 0 heterocycles. The van der Waals surface area contributed by atoms with Crippen LogP contribution in [-0.4, -0.2) is 21.1 Å². The van der Waals surface area contributed by atoms with Crippen molar-refractivity contribution < 1.29 is 20.1 Å². The van der Waals surface area contributed by atoms with E-state index in [4.69, 9.17) is 0 Å². The fraction of sp³-hybridized carbons (Fsp3) is 0.182. The lowest BCUT2D eigenvalue weighted by Gasteiger charge is -2.07. The van der Waals surface area contributed by atoms with Crippen molar-refractivity contribution in [2.75, 3.05) is 0 Å². The van der Waals surface area contributed by atoms with Gasteiger partial charge in [0.2, 0.25) is 0 Å².